The zero-order valence-electron chi connectivity index (χ0n) is 18.0. The van der Waals surface area contributed by atoms with Crippen LogP contribution >= 0.6 is 0 Å². The number of urea groups is 1. The summed E-state index contributed by atoms with van der Waals surface area (Å²) in [7, 11) is 0. The summed E-state index contributed by atoms with van der Waals surface area (Å²) in [6, 6.07) is 4.65. The number of amides is 2. The number of rotatable bonds is 8. The van der Waals surface area contributed by atoms with E-state index in [0.717, 1.165) is 37.1 Å². The van der Waals surface area contributed by atoms with Gasteiger partial charge in [0.05, 0.1) is 17.5 Å². The van der Waals surface area contributed by atoms with Crippen LogP contribution in [-0.4, -0.2) is 35.8 Å². The first-order valence-electron chi connectivity index (χ1n) is 11.3. The number of hydrogen-bond donors (Lipinski definition) is 1. The molecule has 32 heavy (non-hydrogen) atoms. The molecule has 3 fully saturated rings. The second-order valence-electron chi connectivity index (χ2n) is 9.77. The highest BCUT2D eigenvalue weighted by Crippen LogP contribution is 2.53. The zero-order chi connectivity index (χ0) is 23.0. The number of alkyl halides is 2. The lowest BCUT2D eigenvalue weighted by atomic mass is 9.92. The molecule has 8 heteroatoms. The predicted octanol–water partition coefficient (Wildman–Crippen LogP) is 4.91. The van der Waals surface area contributed by atoms with E-state index in [1.807, 2.05) is 0 Å². The molecule has 1 saturated heterocycles. The average Bonchev–Trinajstić information content (AvgIpc) is 3.70. The summed E-state index contributed by atoms with van der Waals surface area (Å²) in [6.07, 6.45) is 4.49. The molecule has 1 aromatic carbocycles. The molecule has 0 unspecified atom stereocenters. The maximum atomic E-state index is 14.7. The molecule has 1 atom stereocenters. The van der Waals surface area contributed by atoms with Crippen molar-refractivity contribution in [3.63, 3.8) is 0 Å². The van der Waals surface area contributed by atoms with Crippen LogP contribution in [-0.2, 0) is 10.7 Å². The van der Waals surface area contributed by atoms with E-state index in [-0.39, 0.29) is 24.2 Å². The minimum absolute atomic E-state index is 0.0420. The molecular weight excluding hydrogens is 419 g/mol. The van der Waals surface area contributed by atoms with Crippen molar-refractivity contribution >= 4 is 11.8 Å². The van der Waals surface area contributed by atoms with E-state index in [2.05, 4.69) is 11.4 Å². The summed E-state index contributed by atoms with van der Waals surface area (Å²) in [5, 5.41) is 12.0. The Morgan fingerprint density at radius 3 is 2.25 bits per heavy atom. The monoisotopic (exact) mass is 447 g/mol. The number of carbonyl (C=O) groups is 2. The van der Waals surface area contributed by atoms with Crippen LogP contribution < -0.4 is 5.32 Å². The van der Waals surface area contributed by atoms with E-state index in [0.29, 0.717) is 31.3 Å². The van der Waals surface area contributed by atoms with Gasteiger partial charge >= 0.3 is 6.03 Å². The van der Waals surface area contributed by atoms with E-state index in [4.69, 9.17) is 0 Å². The summed E-state index contributed by atoms with van der Waals surface area (Å²) in [5.74, 6) is -4.26. The van der Waals surface area contributed by atoms with Crippen molar-refractivity contribution in [2.24, 2.45) is 10.8 Å². The number of nitrogens with one attached hydrogen (secondary N) is 1. The Morgan fingerprint density at radius 1 is 1.09 bits per heavy atom. The van der Waals surface area contributed by atoms with Gasteiger partial charge in [-0.1, -0.05) is 12.1 Å². The van der Waals surface area contributed by atoms with Gasteiger partial charge in [0, 0.05) is 31.5 Å². The van der Waals surface area contributed by atoms with Crippen molar-refractivity contribution in [2.75, 3.05) is 13.1 Å². The van der Waals surface area contributed by atoms with Gasteiger partial charge in [-0.2, -0.15) is 5.26 Å². The van der Waals surface area contributed by atoms with Crippen molar-refractivity contribution in [3.8, 4) is 6.07 Å². The summed E-state index contributed by atoms with van der Waals surface area (Å²) in [4.78, 5) is 27.4. The average molecular weight is 448 g/mol. The fraction of sp³-hybridized carbons (Fsp3) is 0.625. The minimum Gasteiger partial charge on any atom is -0.328 e. The number of nitrogens with zero attached hydrogens (tertiary/aromatic N) is 2. The topological polar surface area (TPSA) is 73.2 Å². The SMILES string of the molecule is N#CC1(CC(=O)[C@H](CCC(F)(F)c2ccc(F)cc2)NC(=O)N2CCC3(CC2)CC3)CC1. The van der Waals surface area contributed by atoms with Gasteiger partial charge in [0.1, 0.15) is 5.82 Å². The molecule has 4 rings (SSSR count). The fourth-order valence-corrected chi connectivity index (χ4v) is 4.51. The fourth-order valence-electron chi connectivity index (χ4n) is 4.51. The Hall–Kier alpha value is -2.56. The Bertz CT molecular complexity index is 907. The molecule has 1 heterocycles. The van der Waals surface area contributed by atoms with Crippen molar-refractivity contribution in [3.05, 3.63) is 35.6 Å². The van der Waals surface area contributed by atoms with Gasteiger partial charge in [0.15, 0.2) is 5.78 Å². The van der Waals surface area contributed by atoms with Crippen LogP contribution in [0.15, 0.2) is 24.3 Å². The molecule has 1 spiro atoms. The van der Waals surface area contributed by atoms with Crippen LogP contribution in [0, 0.1) is 28.0 Å². The van der Waals surface area contributed by atoms with Crippen LogP contribution in [0.2, 0.25) is 0 Å². The van der Waals surface area contributed by atoms with Gasteiger partial charge in [-0.3, -0.25) is 4.79 Å². The highest BCUT2D eigenvalue weighted by molar-refractivity contribution is 5.89. The van der Waals surface area contributed by atoms with Crippen molar-refractivity contribution < 1.29 is 22.8 Å². The first kappa shape index (κ1) is 22.6. The predicted molar refractivity (Wildman–Crippen MR) is 111 cm³/mol. The lowest BCUT2D eigenvalue weighted by molar-refractivity contribution is -0.122. The molecule has 2 aliphatic carbocycles. The largest absolute Gasteiger partial charge is 0.328 e. The van der Waals surface area contributed by atoms with Crippen LogP contribution in [0.3, 0.4) is 0 Å². The van der Waals surface area contributed by atoms with Crippen LogP contribution in [0.25, 0.3) is 0 Å². The lowest BCUT2D eigenvalue weighted by Crippen LogP contribution is -2.50. The number of carbonyl (C=O) groups excluding carboxylic acids is 2. The summed E-state index contributed by atoms with van der Waals surface area (Å²) >= 11 is 0. The number of benzene rings is 1. The molecule has 0 radical (unpaired) electrons. The second-order valence-corrected chi connectivity index (χ2v) is 9.77. The highest BCUT2D eigenvalue weighted by Gasteiger charge is 2.47. The zero-order valence-corrected chi connectivity index (χ0v) is 18.0. The Morgan fingerprint density at radius 2 is 1.72 bits per heavy atom. The summed E-state index contributed by atoms with van der Waals surface area (Å²) < 4.78 is 42.5. The second kappa shape index (κ2) is 8.42. The van der Waals surface area contributed by atoms with Gasteiger partial charge in [-0.05, 0) is 62.5 Å². The van der Waals surface area contributed by atoms with E-state index in [9.17, 15) is 28.0 Å². The maximum Gasteiger partial charge on any atom is 0.317 e. The lowest BCUT2D eigenvalue weighted by Gasteiger charge is -2.33. The molecule has 3 aliphatic rings. The van der Waals surface area contributed by atoms with Crippen molar-refractivity contribution in [2.45, 2.75) is 69.8 Å². The molecule has 0 bridgehead atoms. The van der Waals surface area contributed by atoms with Crippen molar-refractivity contribution in [1.82, 2.24) is 10.2 Å². The van der Waals surface area contributed by atoms with Gasteiger partial charge in [0.25, 0.3) is 5.92 Å². The van der Waals surface area contributed by atoms with Crippen LogP contribution in [0.4, 0.5) is 18.0 Å². The Labute approximate surface area is 186 Å². The van der Waals surface area contributed by atoms with E-state index >= 15 is 0 Å². The maximum absolute atomic E-state index is 14.7. The Balaban J connectivity index is 1.41. The normalized spacial score (nSPS) is 21.5. The van der Waals surface area contributed by atoms with Crippen molar-refractivity contribution in [1.29, 1.82) is 5.26 Å². The van der Waals surface area contributed by atoms with Gasteiger partial charge in [0.2, 0.25) is 0 Å². The van der Waals surface area contributed by atoms with E-state index in [1.165, 1.54) is 12.8 Å². The molecule has 2 saturated carbocycles. The molecule has 2 amide bonds. The third-order valence-corrected chi connectivity index (χ3v) is 7.37. The summed E-state index contributed by atoms with van der Waals surface area (Å²) in [5.41, 5.74) is -0.671. The van der Waals surface area contributed by atoms with Crippen LogP contribution in [0.1, 0.15) is 63.4 Å². The van der Waals surface area contributed by atoms with Gasteiger partial charge in [-0.25, -0.2) is 18.0 Å². The van der Waals surface area contributed by atoms with E-state index in [1.54, 1.807) is 4.90 Å². The number of likely N-dealkylation sites (tertiary alicyclic amines) is 1. The molecular formula is C24H28F3N3O2. The smallest absolute Gasteiger partial charge is 0.317 e. The molecule has 5 nitrogen and oxygen atoms in total. The number of Topliss-reactive ketones (excluding diaryl/α,β-unsaturated/α-hetero) is 1. The van der Waals surface area contributed by atoms with Gasteiger partial charge < -0.3 is 10.2 Å². The molecule has 1 N–H and O–H groups in total. The minimum atomic E-state index is -3.27. The highest BCUT2D eigenvalue weighted by atomic mass is 19.3. The first-order chi connectivity index (χ1) is 15.2. The molecule has 0 aromatic heterocycles. The van der Waals surface area contributed by atoms with Gasteiger partial charge in [-0.15, -0.1) is 0 Å². The number of nitriles is 1. The van der Waals surface area contributed by atoms with Crippen LogP contribution in [0.5, 0.6) is 0 Å². The molecule has 172 valence electrons. The number of halogens is 3. The first-order valence-corrected chi connectivity index (χ1v) is 11.3. The number of hydrogen-bond acceptors (Lipinski definition) is 3. The molecule has 1 aliphatic heterocycles. The number of ketones is 1. The standard InChI is InChI=1S/C24H28F3N3O2/c25-18-3-1-17(2-4-18)24(26,27)6-5-19(20(31)15-23(16-28)9-10-23)29-21(32)30-13-11-22(7-8-22)12-14-30/h1-4,19H,5-15H2,(H,29,32)/t19-/m0/s1. The third kappa shape index (κ3) is 5.08. The quantitative estimate of drug-likeness (QED) is 0.615. The Kier molecular flexibility index (Phi) is 5.95. The molecule has 1 aromatic rings. The van der Waals surface area contributed by atoms with E-state index < -0.39 is 35.6 Å². The number of piperidine rings is 1. The third-order valence-electron chi connectivity index (χ3n) is 7.37. The summed E-state index contributed by atoms with van der Waals surface area (Å²) in [6.45, 7) is 1.20.